The van der Waals surface area contributed by atoms with Crippen molar-refractivity contribution in [3.63, 3.8) is 0 Å². The number of nitriles is 1. The van der Waals surface area contributed by atoms with Crippen molar-refractivity contribution in [3.05, 3.63) is 75.9 Å². The van der Waals surface area contributed by atoms with Crippen LogP contribution in [0.3, 0.4) is 0 Å². The Balaban J connectivity index is 1.50. The van der Waals surface area contributed by atoms with E-state index in [-0.39, 0.29) is 17.2 Å². The van der Waals surface area contributed by atoms with E-state index in [1.54, 1.807) is 24.3 Å². The van der Waals surface area contributed by atoms with Gasteiger partial charge in [-0.15, -0.1) is 11.3 Å². The van der Waals surface area contributed by atoms with Crippen LogP contribution in [0.1, 0.15) is 5.56 Å². The minimum atomic E-state index is -0.246. The highest BCUT2D eigenvalue weighted by Crippen LogP contribution is 2.31. The third-order valence-electron chi connectivity index (χ3n) is 4.12. The van der Waals surface area contributed by atoms with E-state index in [0.717, 1.165) is 22.9 Å². The summed E-state index contributed by atoms with van der Waals surface area (Å²) in [7, 11) is 0. The average molecular weight is 419 g/mol. The first-order valence-corrected chi connectivity index (χ1v) is 10.5. The monoisotopic (exact) mass is 418 g/mol. The SMILES string of the molecule is N#Cc1cccc(NC(=O)CSc2nc3scc(-c4ccccc4)c3c(=O)[nH]2)c1. The van der Waals surface area contributed by atoms with Gasteiger partial charge in [0.05, 0.1) is 22.8 Å². The average Bonchev–Trinajstić information content (AvgIpc) is 3.18. The number of H-pyrrole nitrogens is 1. The lowest BCUT2D eigenvalue weighted by Crippen LogP contribution is -2.15. The number of nitrogens with one attached hydrogen (secondary N) is 2. The van der Waals surface area contributed by atoms with Crippen LogP contribution in [-0.2, 0) is 4.79 Å². The zero-order valence-corrected chi connectivity index (χ0v) is 16.6. The Morgan fingerprint density at radius 1 is 1.21 bits per heavy atom. The van der Waals surface area contributed by atoms with Gasteiger partial charge < -0.3 is 10.3 Å². The van der Waals surface area contributed by atoms with Crippen LogP contribution in [0, 0.1) is 11.3 Å². The molecule has 0 fully saturated rings. The standard InChI is InChI=1S/C21H14N4O2S2/c22-10-13-5-4-8-15(9-13)23-17(26)12-29-21-24-19(27)18-16(11-28-20(18)25-21)14-6-2-1-3-7-14/h1-9,11H,12H2,(H,23,26)(H,24,25,27). The Morgan fingerprint density at radius 3 is 2.83 bits per heavy atom. The van der Waals surface area contributed by atoms with Crippen LogP contribution in [0.25, 0.3) is 21.3 Å². The summed E-state index contributed by atoms with van der Waals surface area (Å²) in [5, 5.41) is 14.5. The number of aromatic nitrogens is 2. The topological polar surface area (TPSA) is 98.6 Å². The molecule has 0 aliphatic heterocycles. The van der Waals surface area contributed by atoms with E-state index >= 15 is 0 Å². The second-order valence-corrected chi connectivity index (χ2v) is 7.92. The van der Waals surface area contributed by atoms with Crippen LogP contribution in [0.4, 0.5) is 5.69 Å². The molecule has 0 aliphatic rings. The number of amides is 1. The number of aromatic amines is 1. The number of anilines is 1. The molecule has 6 nitrogen and oxygen atoms in total. The second-order valence-electron chi connectivity index (χ2n) is 6.10. The third kappa shape index (κ3) is 4.21. The number of fused-ring (bicyclic) bond motifs is 1. The molecule has 2 heterocycles. The van der Waals surface area contributed by atoms with Crippen LogP contribution in [0.2, 0.25) is 0 Å². The van der Waals surface area contributed by atoms with Crippen molar-refractivity contribution < 1.29 is 4.79 Å². The maximum Gasteiger partial charge on any atom is 0.260 e. The van der Waals surface area contributed by atoms with Gasteiger partial charge in [0, 0.05) is 16.6 Å². The van der Waals surface area contributed by atoms with Crippen molar-refractivity contribution in [1.29, 1.82) is 5.26 Å². The number of carbonyl (C=O) groups is 1. The molecule has 0 saturated heterocycles. The van der Waals surface area contributed by atoms with Crippen molar-refractivity contribution in [3.8, 4) is 17.2 Å². The molecule has 0 unspecified atom stereocenters. The van der Waals surface area contributed by atoms with Gasteiger partial charge in [-0.1, -0.05) is 48.2 Å². The number of carbonyl (C=O) groups excluding carboxylic acids is 1. The first-order chi connectivity index (χ1) is 14.1. The summed E-state index contributed by atoms with van der Waals surface area (Å²) < 4.78 is 0. The van der Waals surface area contributed by atoms with E-state index in [4.69, 9.17) is 5.26 Å². The molecule has 4 aromatic rings. The minimum Gasteiger partial charge on any atom is -0.325 e. The molecule has 0 spiro atoms. The van der Waals surface area contributed by atoms with Crippen molar-refractivity contribution in [2.75, 3.05) is 11.1 Å². The van der Waals surface area contributed by atoms with Crippen LogP contribution in [0.5, 0.6) is 0 Å². The normalized spacial score (nSPS) is 10.6. The number of thioether (sulfide) groups is 1. The highest BCUT2D eigenvalue weighted by Gasteiger charge is 2.14. The maximum atomic E-state index is 12.6. The summed E-state index contributed by atoms with van der Waals surface area (Å²) in [6.45, 7) is 0. The maximum absolute atomic E-state index is 12.6. The number of hydrogen-bond donors (Lipinski definition) is 2. The molecule has 0 aliphatic carbocycles. The number of hydrogen-bond acceptors (Lipinski definition) is 6. The fourth-order valence-electron chi connectivity index (χ4n) is 2.83. The Labute approximate surface area is 174 Å². The van der Waals surface area contributed by atoms with E-state index in [9.17, 15) is 9.59 Å². The number of rotatable bonds is 5. The quantitative estimate of drug-likeness (QED) is 0.373. The van der Waals surface area contributed by atoms with E-state index < -0.39 is 0 Å². The molecule has 0 radical (unpaired) electrons. The van der Waals surface area contributed by atoms with Gasteiger partial charge in [-0.05, 0) is 23.8 Å². The molecular formula is C21H14N4O2S2. The summed E-state index contributed by atoms with van der Waals surface area (Å²) >= 11 is 2.56. The van der Waals surface area contributed by atoms with Crippen LogP contribution >= 0.6 is 23.1 Å². The molecule has 2 aromatic carbocycles. The summed E-state index contributed by atoms with van der Waals surface area (Å²) in [5.74, 6) is -0.161. The van der Waals surface area contributed by atoms with Gasteiger partial charge >= 0.3 is 0 Å². The Kier molecular flexibility index (Phi) is 5.42. The molecule has 29 heavy (non-hydrogen) atoms. The lowest BCUT2D eigenvalue weighted by atomic mass is 10.1. The molecule has 2 aromatic heterocycles. The summed E-state index contributed by atoms with van der Waals surface area (Å²) in [6.07, 6.45) is 0. The highest BCUT2D eigenvalue weighted by molar-refractivity contribution is 7.99. The molecule has 1 amide bonds. The van der Waals surface area contributed by atoms with Crippen molar-refractivity contribution in [1.82, 2.24) is 9.97 Å². The van der Waals surface area contributed by atoms with Crippen LogP contribution in [0.15, 0.2) is 69.9 Å². The minimum absolute atomic E-state index is 0.0855. The summed E-state index contributed by atoms with van der Waals surface area (Å²) in [4.78, 5) is 32.7. The summed E-state index contributed by atoms with van der Waals surface area (Å²) in [5.41, 5.74) is 2.62. The number of nitrogens with zero attached hydrogens (tertiary/aromatic N) is 2. The molecule has 0 saturated carbocycles. The molecule has 4 rings (SSSR count). The van der Waals surface area contributed by atoms with Gasteiger partial charge in [0.2, 0.25) is 5.91 Å². The first-order valence-electron chi connectivity index (χ1n) is 8.64. The van der Waals surface area contributed by atoms with E-state index in [1.165, 1.54) is 11.3 Å². The molecule has 0 bridgehead atoms. The molecule has 142 valence electrons. The lowest BCUT2D eigenvalue weighted by molar-refractivity contribution is -0.113. The largest absolute Gasteiger partial charge is 0.325 e. The Hall–Kier alpha value is -3.41. The fraction of sp³-hybridized carbons (Fsp3) is 0.0476. The molecule has 0 atom stereocenters. The predicted octanol–water partition coefficient (Wildman–Crippen LogP) is 4.25. The van der Waals surface area contributed by atoms with Gasteiger partial charge in [0.1, 0.15) is 4.83 Å². The molecule has 8 heteroatoms. The zero-order chi connectivity index (χ0) is 20.2. The Morgan fingerprint density at radius 2 is 2.03 bits per heavy atom. The lowest BCUT2D eigenvalue weighted by Gasteiger charge is -2.05. The molecule has 2 N–H and O–H groups in total. The fourth-order valence-corrected chi connectivity index (χ4v) is 4.49. The number of thiophene rings is 1. The van der Waals surface area contributed by atoms with Crippen LogP contribution in [-0.4, -0.2) is 21.6 Å². The van der Waals surface area contributed by atoms with Gasteiger partial charge in [0.15, 0.2) is 5.16 Å². The second kappa shape index (κ2) is 8.31. The predicted molar refractivity (Wildman–Crippen MR) is 116 cm³/mol. The first kappa shape index (κ1) is 18.9. The zero-order valence-electron chi connectivity index (χ0n) is 15.0. The molecular weight excluding hydrogens is 404 g/mol. The summed E-state index contributed by atoms with van der Waals surface area (Å²) in [6, 6.07) is 18.4. The number of benzene rings is 2. The van der Waals surface area contributed by atoms with Crippen molar-refractivity contribution in [2.45, 2.75) is 5.16 Å². The van der Waals surface area contributed by atoms with Gasteiger partial charge in [0.25, 0.3) is 5.56 Å². The van der Waals surface area contributed by atoms with Crippen LogP contribution < -0.4 is 10.9 Å². The third-order valence-corrected chi connectivity index (χ3v) is 5.87. The van der Waals surface area contributed by atoms with Crippen molar-refractivity contribution >= 4 is 44.9 Å². The Bertz CT molecular complexity index is 1290. The van der Waals surface area contributed by atoms with Gasteiger partial charge in [-0.25, -0.2) is 4.98 Å². The van der Waals surface area contributed by atoms with Gasteiger partial charge in [-0.3, -0.25) is 9.59 Å². The van der Waals surface area contributed by atoms with E-state index in [0.29, 0.717) is 26.6 Å². The van der Waals surface area contributed by atoms with Crippen molar-refractivity contribution in [2.24, 2.45) is 0 Å². The van der Waals surface area contributed by atoms with E-state index in [2.05, 4.69) is 15.3 Å². The van der Waals surface area contributed by atoms with E-state index in [1.807, 2.05) is 41.8 Å². The highest BCUT2D eigenvalue weighted by atomic mass is 32.2. The van der Waals surface area contributed by atoms with Gasteiger partial charge in [-0.2, -0.15) is 5.26 Å². The smallest absolute Gasteiger partial charge is 0.260 e.